The summed E-state index contributed by atoms with van der Waals surface area (Å²) in [7, 11) is 0. The minimum Gasteiger partial charge on any atom is -0.451 e. The zero-order valence-corrected chi connectivity index (χ0v) is 11.8. The Kier molecular flexibility index (Phi) is 6.08. The molecule has 90 valence electrons. The second-order valence-electron chi connectivity index (χ2n) is 3.15. The van der Waals surface area contributed by atoms with E-state index in [1.807, 2.05) is 44.2 Å². The SMILES string of the molecule is CCOCC(I)(OCC)Oc1ccccc1. The van der Waals surface area contributed by atoms with E-state index in [1.165, 1.54) is 0 Å². The van der Waals surface area contributed by atoms with Crippen molar-refractivity contribution in [1.29, 1.82) is 0 Å². The minimum absolute atomic E-state index is 0.410. The molecule has 0 bridgehead atoms. The fourth-order valence-electron chi connectivity index (χ4n) is 1.20. The van der Waals surface area contributed by atoms with Crippen LogP contribution in [0.3, 0.4) is 0 Å². The molecule has 4 heteroatoms. The van der Waals surface area contributed by atoms with Gasteiger partial charge < -0.3 is 14.2 Å². The smallest absolute Gasteiger partial charge is 0.286 e. The molecular weight excluding hydrogens is 319 g/mol. The summed E-state index contributed by atoms with van der Waals surface area (Å²) in [4.78, 5) is 0. The maximum absolute atomic E-state index is 5.78. The van der Waals surface area contributed by atoms with Crippen LogP contribution in [0.15, 0.2) is 30.3 Å². The van der Waals surface area contributed by atoms with Gasteiger partial charge in [-0.05, 0) is 26.0 Å². The first kappa shape index (κ1) is 13.7. The van der Waals surface area contributed by atoms with E-state index in [-0.39, 0.29) is 0 Å². The Morgan fingerprint density at radius 3 is 2.38 bits per heavy atom. The molecule has 0 amide bonds. The monoisotopic (exact) mass is 336 g/mol. The molecule has 1 atom stereocenters. The number of rotatable bonds is 7. The summed E-state index contributed by atoms with van der Waals surface area (Å²) in [6.07, 6.45) is 0. The number of hydrogen-bond donors (Lipinski definition) is 0. The van der Waals surface area contributed by atoms with Crippen molar-refractivity contribution in [3.63, 3.8) is 0 Å². The van der Waals surface area contributed by atoms with Gasteiger partial charge in [-0.15, -0.1) is 0 Å². The van der Waals surface area contributed by atoms with Crippen LogP contribution in [-0.2, 0) is 9.47 Å². The molecule has 0 fully saturated rings. The number of halogens is 1. The van der Waals surface area contributed by atoms with Crippen LogP contribution in [0, 0.1) is 0 Å². The highest BCUT2D eigenvalue weighted by Crippen LogP contribution is 2.26. The molecule has 0 spiro atoms. The van der Waals surface area contributed by atoms with E-state index in [0.29, 0.717) is 19.8 Å². The number of ether oxygens (including phenoxy) is 3. The molecule has 1 unspecified atom stereocenters. The normalized spacial score (nSPS) is 14.4. The second kappa shape index (κ2) is 7.09. The van der Waals surface area contributed by atoms with Crippen LogP contribution in [-0.4, -0.2) is 23.6 Å². The molecular formula is C12H17IO3. The molecule has 0 aliphatic rings. The minimum atomic E-state index is -0.746. The lowest BCUT2D eigenvalue weighted by Crippen LogP contribution is -2.37. The fraction of sp³-hybridized carbons (Fsp3) is 0.500. The third-order valence-electron chi connectivity index (χ3n) is 1.85. The average molecular weight is 336 g/mol. The number of alkyl halides is 1. The van der Waals surface area contributed by atoms with E-state index in [4.69, 9.17) is 14.2 Å². The van der Waals surface area contributed by atoms with Crippen molar-refractivity contribution in [3.05, 3.63) is 30.3 Å². The van der Waals surface area contributed by atoms with E-state index < -0.39 is 3.79 Å². The summed E-state index contributed by atoms with van der Waals surface area (Å²) in [6.45, 7) is 5.53. The second-order valence-corrected chi connectivity index (χ2v) is 4.79. The van der Waals surface area contributed by atoms with Crippen LogP contribution in [0.4, 0.5) is 0 Å². The predicted octanol–water partition coefficient (Wildman–Crippen LogP) is 3.23. The van der Waals surface area contributed by atoms with Crippen molar-refractivity contribution >= 4 is 22.6 Å². The first-order chi connectivity index (χ1) is 7.70. The van der Waals surface area contributed by atoms with Gasteiger partial charge in [0.25, 0.3) is 3.79 Å². The molecule has 1 aromatic carbocycles. The average Bonchev–Trinajstić information content (AvgIpc) is 2.28. The molecule has 3 nitrogen and oxygen atoms in total. The predicted molar refractivity (Wildman–Crippen MR) is 71.9 cm³/mol. The molecule has 0 aliphatic heterocycles. The molecule has 0 saturated heterocycles. The molecule has 1 aromatic rings. The lowest BCUT2D eigenvalue weighted by Gasteiger charge is -2.27. The van der Waals surface area contributed by atoms with Gasteiger partial charge in [0, 0.05) is 35.8 Å². The summed E-state index contributed by atoms with van der Waals surface area (Å²) in [5.41, 5.74) is 0. The highest BCUT2D eigenvalue weighted by Gasteiger charge is 2.29. The van der Waals surface area contributed by atoms with Gasteiger partial charge in [0.2, 0.25) is 0 Å². The third kappa shape index (κ3) is 4.67. The molecule has 0 heterocycles. The summed E-state index contributed by atoms with van der Waals surface area (Å²) in [5.74, 6) is 0.782. The summed E-state index contributed by atoms with van der Waals surface area (Å²) in [5, 5.41) is 0. The van der Waals surface area contributed by atoms with Crippen LogP contribution in [0.25, 0.3) is 0 Å². The summed E-state index contributed by atoms with van der Waals surface area (Å²) < 4.78 is 16.0. The van der Waals surface area contributed by atoms with Crippen LogP contribution in [0.1, 0.15) is 13.8 Å². The Morgan fingerprint density at radius 2 is 1.81 bits per heavy atom. The van der Waals surface area contributed by atoms with Gasteiger partial charge in [-0.2, -0.15) is 0 Å². The molecule has 0 aliphatic carbocycles. The van der Waals surface area contributed by atoms with Gasteiger partial charge >= 0.3 is 0 Å². The largest absolute Gasteiger partial charge is 0.451 e. The van der Waals surface area contributed by atoms with Gasteiger partial charge in [0.1, 0.15) is 12.4 Å². The standard InChI is InChI=1S/C12H17IO3/c1-3-14-10-12(13,15-4-2)16-11-8-6-5-7-9-11/h5-9H,3-4,10H2,1-2H3. The maximum atomic E-state index is 5.78. The lowest BCUT2D eigenvalue weighted by atomic mass is 10.3. The van der Waals surface area contributed by atoms with E-state index in [2.05, 4.69) is 22.6 Å². The van der Waals surface area contributed by atoms with Crippen LogP contribution < -0.4 is 4.74 Å². The first-order valence-corrected chi connectivity index (χ1v) is 6.42. The van der Waals surface area contributed by atoms with Gasteiger partial charge in [0.05, 0.1) is 0 Å². The number of hydrogen-bond acceptors (Lipinski definition) is 3. The lowest BCUT2D eigenvalue weighted by molar-refractivity contribution is -0.131. The summed E-state index contributed by atoms with van der Waals surface area (Å²) >= 11 is 2.13. The van der Waals surface area contributed by atoms with Crippen molar-refractivity contribution in [2.75, 3.05) is 19.8 Å². The van der Waals surface area contributed by atoms with Crippen LogP contribution in [0.2, 0.25) is 0 Å². The van der Waals surface area contributed by atoms with Crippen molar-refractivity contribution in [2.45, 2.75) is 17.6 Å². The fourth-order valence-corrected chi connectivity index (χ4v) is 1.99. The van der Waals surface area contributed by atoms with E-state index in [9.17, 15) is 0 Å². The van der Waals surface area contributed by atoms with E-state index in [1.54, 1.807) is 0 Å². The quantitative estimate of drug-likeness (QED) is 0.435. The van der Waals surface area contributed by atoms with Crippen molar-refractivity contribution in [2.24, 2.45) is 0 Å². The van der Waals surface area contributed by atoms with Crippen LogP contribution >= 0.6 is 22.6 Å². The van der Waals surface area contributed by atoms with Gasteiger partial charge in [-0.1, -0.05) is 18.2 Å². The van der Waals surface area contributed by atoms with E-state index in [0.717, 1.165) is 5.75 Å². The van der Waals surface area contributed by atoms with Crippen LogP contribution in [0.5, 0.6) is 5.75 Å². The zero-order chi connectivity index (χ0) is 11.9. The zero-order valence-electron chi connectivity index (χ0n) is 9.61. The molecule has 1 rings (SSSR count). The van der Waals surface area contributed by atoms with Crippen molar-refractivity contribution in [1.82, 2.24) is 0 Å². The van der Waals surface area contributed by atoms with Gasteiger partial charge in [-0.3, -0.25) is 0 Å². The number of para-hydroxylation sites is 1. The Labute approximate surface area is 110 Å². The number of benzene rings is 1. The third-order valence-corrected chi connectivity index (χ3v) is 2.69. The summed E-state index contributed by atoms with van der Waals surface area (Å²) in [6, 6.07) is 9.61. The molecule has 0 aromatic heterocycles. The topological polar surface area (TPSA) is 27.7 Å². The van der Waals surface area contributed by atoms with Crippen molar-refractivity contribution < 1.29 is 14.2 Å². The molecule has 0 saturated carbocycles. The van der Waals surface area contributed by atoms with Crippen molar-refractivity contribution in [3.8, 4) is 5.75 Å². The Balaban J connectivity index is 2.62. The van der Waals surface area contributed by atoms with Gasteiger partial charge in [-0.25, -0.2) is 0 Å². The molecule has 0 radical (unpaired) electrons. The first-order valence-electron chi connectivity index (χ1n) is 5.35. The Morgan fingerprint density at radius 1 is 1.12 bits per heavy atom. The molecule has 16 heavy (non-hydrogen) atoms. The maximum Gasteiger partial charge on any atom is 0.286 e. The Hall–Kier alpha value is -0.330. The Bertz CT molecular complexity index is 292. The highest BCUT2D eigenvalue weighted by molar-refractivity contribution is 14.1. The van der Waals surface area contributed by atoms with Gasteiger partial charge in [0.15, 0.2) is 0 Å². The molecule has 0 N–H and O–H groups in total. The van der Waals surface area contributed by atoms with E-state index >= 15 is 0 Å². The highest BCUT2D eigenvalue weighted by atomic mass is 127.